The number of rotatable bonds is 2. The Balaban J connectivity index is 1.85. The number of nitrogens with two attached hydrogens (primary N) is 1. The van der Waals surface area contributed by atoms with E-state index in [0.717, 1.165) is 52.1 Å². The van der Waals surface area contributed by atoms with Crippen molar-refractivity contribution in [2.75, 3.05) is 5.73 Å². The number of nitrogen functional groups attached to an aromatic ring is 1. The summed E-state index contributed by atoms with van der Waals surface area (Å²) in [7, 11) is 0. The maximum Gasteiger partial charge on any atom is 0.229 e. The minimum atomic E-state index is 0.657. The van der Waals surface area contributed by atoms with Crippen LogP contribution in [0.2, 0.25) is 0 Å². The molecule has 0 aliphatic heterocycles. The van der Waals surface area contributed by atoms with E-state index in [1.807, 2.05) is 0 Å². The highest BCUT2D eigenvalue weighted by Gasteiger charge is 2.25. The van der Waals surface area contributed by atoms with Crippen molar-refractivity contribution in [2.24, 2.45) is 0 Å². The van der Waals surface area contributed by atoms with Crippen molar-refractivity contribution in [1.29, 1.82) is 0 Å². The van der Waals surface area contributed by atoms with Gasteiger partial charge in [-0.15, -0.1) is 0 Å². The van der Waals surface area contributed by atoms with E-state index in [1.165, 1.54) is 29.5 Å². The zero-order valence-corrected chi connectivity index (χ0v) is 16.4. The van der Waals surface area contributed by atoms with Gasteiger partial charge in [0.05, 0.1) is 11.1 Å². The minimum Gasteiger partial charge on any atom is -0.437 e. The number of pyridine rings is 1. The topological polar surface area (TPSA) is 52.0 Å². The molecule has 2 heterocycles. The smallest absolute Gasteiger partial charge is 0.229 e. The second-order valence-corrected chi connectivity index (χ2v) is 7.88. The molecule has 0 atom stereocenters. The Labute approximate surface area is 165 Å². The van der Waals surface area contributed by atoms with Gasteiger partial charge in [-0.1, -0.05) is 59.7 Å². The molecule has 3 nitrogen and oxygen atoms in total. The Morgan fingerprint density at radius 3 is 2.11 bits per heavy atom. The van der Waals surface area contributed by atoms with E-state index in [4.69, 9.17) is 15.1 Å². The largest absolute Gasteiger partial charge is 0.437 e. The highest BCUT2D eigenvalue weighted by atomic mass is 16.3. The zero-order valence-electron chi connectivity index (χ0n) is 16.4. The Bertz CT molecular complexity index is 1170. The molecule has 5 rings (SSSR count). The van der Waals surface area contributed by atoms with Crippen molar-refractivity contribution in [3.8, 4) is 22.5 Å². The monoisotopic (exact) mass is 368 g/mol. The fourth-order valence-corrected chi connectivity index (χ4v) is 4.23. The number of furan rings is 1. The average Bonchev–Trinajstić information content (AvgIpc) is 3.09. The molecule has 0 unspecified atom stereocenters. The number of benzene rings is 2. The lowest BCUT2D eigenvalue weighted by Crippen LogP contribution is -2.09. The Kier molecular flexibility index (Phi) is 3.97. The number of aryl methyl sites for hydroxylation is 3. The summed E-state index contributed by atoms with van der Waals surface area (Å²) in [6.07, 6.45) is 4.33. The first-order valence-electron chi connectivity index (χ1n) is 9.99. The van der Waals surface area contributed by atoms with Crippen molar-refractivity contribution < 1.29 is 4.42 Å². The molecule has 2 aromatic heterocycles. The third kappa shape index (κ3) is 2.70. The van der Waals surface area contributed by atoms with Crippen LogP contribution in [-0.2, 0) is 12.8 Å². The molecule has 2 N–H and O–H groups in total. The summed E-state index contributed by atoms with van der Waals surface area (Å²) in [5, 5.41) is 0.958. The minimum absolute atomic E-state index is 0.657. The standard InChI is InChI=1S/C25H24N2O/c1-15-7-11-17(12-8-15)21-22-23(26)19-5-3-4-6-20(19)27-25(22)28-24(21)18-13-9-16(2)10-14-18/h7-14H,3-6H2,1-2H3,(H2,26,27). The van der Waals surface area contributed by atoms with Crippen LogP contribution >= 0.6 is 0 Å². The fourth-order valence-electron chi connectivity index (χ4n) is 4.23. The van der Waals surface area contributed by atoms with Gasteiger partial charge in [-0.2, -0.15) is 0 Å². The Morgan fingerprint density at radius 2 is 1.43 bits per heavy atom. The number of aromatic nitrogens is 1. The molecule has 140 valence electrons. The van der Waals surface area contributed by atoms with Crippen LogP contribution in [0.15, 0.2) is 52.9 Å². The summed E-state index contributed by atoms with van der Waals surface area (Å²) in [5.74, 6) is 0.848. The van der Waals surface area contributed by atoms with Crippen molar-refractivity contribution in [3.05, 3.63) is 70.9 Å². The SMILES string of the molecule is Cc1ccc(-c2oc3nc4c(c(N)c3c2-c2ccc(C)cc2)CCCC4)cc1. The quantitative estimate of drug-likeness (QED) is 0.455. The third-order valence-electron chi connectivity index (χ3n) is 5.81. The van der Waals surface area contributed by atoms with Crippen molar-refractivity contribution >= 4 is 16.8 Å². The first kappa shape index (κ1) is 17.1. The second kappa shape index (κ2) is 6.52. The summed E-state index contributed by atoms with van der Waals surface area (Å²) >= 11 is 0. The van der Waals surface area contributed by atoms with E-state index >= 15 is 0 Å². The Hall–Kier alpha value is -3.07. The number of hydrogen-bond donors (Lipinski definition) is 1. The van der Waals surface area contributed by atoms with Crippen LogP contribution in [0.25, 0.3) is 33.6 Å². The van der Waals surface area contributed by atoms with E-state index in [1.54, 1.807) is 0 Å². The molecule has 1 aliphatic carbocycles. The first-order chi connectivity index (χ1) is 13.6. The van der Waals surface area contributed by atoms with Gasteiger partial charge in [-0.25, -0.2) is 4.98 Å². The predicted octanol–water partition coefficient (Wildman–Crippen LogP) is 6.24. The van der Waals surface area contributed by atoms with E-state index in [9.17, 15) is 0 Å². The third-order valence-corrected chi connectivity index (χ3v) is 5.81. The van der Waals surface area contributed by atoms with Gasteiger partial charge in [-0.05, 0) is 50.7 Å². The molecule has 2 aromatic carbocycles. The second-order valence-electron chi connectivity index (χ2n) is 7.88. The molecule has 0 fully saturated rings. The van der Waals surface area contributed by atoms with Crippen molar-refractivity contribution in [3.63, 3.8) is 0 Å². The van der Waals surface area contributed by atoms with Crippen LogP contribution in [-0.4, -0.2) is 4.98 Å². The maximum absolute atomic E-state index is 6.72. The van der Waals surface area contributed by atoms with E-state index in [0.29, 0.717) is 5.71 Å². The molecule has 28 heavy (non-hydrogen) atoms. The lowest BCUT2D eigenvalue weighted by Gasteiger charge is -2.17. The zero-order chi connectivity index (χ0) is 19.3. The van der Waals surface area contributed by atoms with Gasteiger partial charge in [-0.3, -0.25) is 0 Å². The van der Waals surface area contributed by atoms with Gasteiger partial charge >= 0.3 is 0 Å². The molecule has 0 saturated carbocycles. The van der Waals surface area contributed by atoms with Gasteiger partial charge in [0, 0.05) is 16.8 Å². The fraction of sp³-hybridized carbons (Fsp3) is 0.240. The van der Waals surface area contributed by atoms with Crippen molar-refractivity contribution in [1.82, 2.24) is 4.98 Å². The molecule has 0 saturated heterocycles. The van der Waals surface area contributed by atoms with Crippen molar-refractivity contribution in [2.45, 2.75) is 39.5 Å². The molecule has 0 amide bonds. The lowest BCUT2D eigenvalue weighted by molar-refractivity contribution is 0.608. The lowest BCUT2D eigenvalue weighted by atomic mass is 9.91. The highest BCUT2D eigenvalue weighted by Crippen LogP contribution is 2.44. The molecule has 0 bridgehead atoms. The number of nitrogens with zero attached hydrogens (tertiary/aromatic N) is 1. The first-order valence-corrected chi connectivity index (χ1v) is 9.99. The summed E-state index contributed by atoms with van der Waals surface area (Å²) in [5.41, 5.74) is 16.2. The summed E-state index contributed by atoms with van der Waals surface area (Å²) in [6.45, 7) is 4.20. The van der Waals surface area contributed by atoms with E-state index < -0.39 is 0 Å². The molecule has 0 radical (unpaired) electrons. The van der Waals surface area contributed by atoms with Crippen LogP contribution in [0.1, 0.15) is 35.2 Å². The molecular weight excluding hydrogens is 344 g/mol. The maximum atomic E-state index is 6.72. The number of hydrogen-bond acceptors (Lipinski definition) is 3. The van der Waals surface area contributed by atoms with Crippen LogP contribution in [0.3, 0.4) is 0 Å². The highest BCUT2D eigenvalue weighted by molar-refractivity contribution is 6.07. The number of fused-ring (bicyclic) bond motifs is 2. The summed E-state index contributed by atoms with van der Waals surface area (Å²) < 4.78 is 6.37. The summed E-state index contributed by atoms with van der Waals surface area (Å²) in [4.78, 5) is 4.90. The van der Waals surface area contributed by atoms with Crippen LogP contribution < -0.4 is 5.73 Å². The van der Waals surface area contributed by atoms with Crippen LogP contribution in [0.5, 0.6) is 0 Å². The average molecular weight is 368 g/mol. The van der Waals surface area contributed by atoms with Crippen LogP contribution in [0, 0.1) is 13.8 Å². The van der Waals surface area contributed by atoms with Gasteiger partial charge in [0.1, 0.15) is 5.76 Å². The van der Waals surface area contributed by atoms with E-state index in [-0.39, 0.29) is 0 Å². The molecule has 1 aliphatic rings. The van der Waals surface area contributed by atoms with Gasteiger partial charge < -0.3 is 10.2 Å². The Morgan fingerprint density at radius 1 is 0.821 bits per heavy atom. The normalized spacial score (nSPS) is 13.6. The predicted molar refractivity (Wildman–Crippen MR) is 115 cm³/mol. The molecule has 0 spiro atoms. The van der Waals surface area contributed by atoms with Gasteiger partial charge in [0.15, 0.2) is 0 Å². The number of anilines is 1. The molecule has 4 aromatic rings. The van der Waals surface area contributed by atoms with Gasteiger partial charge in [0.25, 0.3) is 0 Å². The van der Waals surface area contributed by atoms with Gasteiger partial charge in [0.2, 0.25) is 5.71 Å². The van der Waals surface area contributed by atoms with Crippen LogP contribution in [0.4, 0.5) is 5.69 Å². The van der Waals surface area contributed by atoms with E-state index in [2.05, 4.69) is 62.4 Å². The molecule has 3 heteroatoms. The molecular formula is C25H24N2O. The summed E-state index contributed by atoms with van der Waals surface area (Å²) in [6, 6.07) is 17.0.